The van der Waals surface area contributed by atoms with Gasteiger partial charge in [0.1, 0.15) is 5.75 Å². The monoisotopic (exact) mass is 556 g/mol. The Bertz CT molecular complexity index is 601. The van der Waals surface area contributed by atoms with E-state index in [-0.39, 0.29) is 35.6 Å². The van der Waals surface area contributed by atoms with E-state index in [2.05, 4.69) is 24.5 Å². The summed E-state index contributed by atoms with van der Waals surface area (Å²) in [6, 6.07) is 10.4. The van der Waals surface area contributed by atoms with Gasteiger partial charge in [0.2, 0.25) is 0 Å². The summed E-state index contributed by atoms with van der Waals surface area (Å²) in [5.74, 6) is 0.785. The number of methoxy groups -OCH3 is 1. The molecular formula is C20H18BiClF2O. The van der Waals surface area contributed by atoms with Gasteiger partial charge in [-0.05, 0) is 43.4 Å². The molecule has 25 heavy (non-hydrogen) atoms. The number of ether oxygens (including phenoxy) is 1. The molecule has 0 amide bonds. The van der Waals surface area contributed by atoms with Gasteiger partial charge in [-0.25, -0.2) is 0 Å². The van der Waals surface area contributed by atoms with Gasteiger partial charge in [0.05, 0.1) is 7.11 Å². The summed E-state index contributed by atoms with van der Waals surface area (Å²) < 4.78 is 4.86. The molecule has 6 radical (unpaired) electrons. The quantitative estimate of drug-likeness (QED) is 0.320. The minimum absolute atomic E-state index is 0. The molecule has 1 aromatic carbocycles. The molecule has 0 atom stereocenters. The molecule has 0 spiro atoms. The van der Waals surface area contributed by atoms with Crippen molar-refractivity contribution < 1.29 is 14.1 Å². The average Bonchev–Trinajstić information content (AvgIpc) is 2.58. The summed E-state index contributed by atoms with van der Waals surface area (Å²) in [5, 5.41) is 0.763. The van der Waals surface area contributed by atoms with Crippen molar-refractivity contribution in [2.45, 2.75) is 6.92 Å². The Kier molecular flexibility index (Phi) is 21.5. The number of hydrogen-bond acceptors (Lipinski definition) is 1. The van der Waals surface area contributed by atoms with Crippen LogP contribution in [-0.2, 0) is 0 Å². The van der Waals surface area contributed by atoms with Crippen LogP contribution in [0.2, 0.25) is 0 Å². The Morgan fingerprint density at radius 2 is 1.56 bits per heavy atom. The first-order valence-corrected chi connectivity index (χ1v) is 7.15. The topological polar surface area (TPSA) is 9.23 Å². The van der Waals surface area contributed by atoms with Gasteiger partial charge in [-0.3, -0.25) is 0 Å². The fraction of sp³-hybridized carbons (Fsp3) is 0.100. The van der Waals surface area contributed by atoms with E-state index in [0.717, 1.165) is 10.8 Å². The van der Waals surface area contributed by atoms with Crippen molar-refractivity contribution in [1.82, 2.24) is 0 Å². The van der Waals surface area contributed by atoms with E-state index >= 15 is 0 Å². The second kappa shape index (κ2) is 18.9. The van der Waals surface area contributed by atoms with Crippen LogP contribution < -0.4 is 14.1 Å². The van der Waals surface area contributed by atoms with Gasteiger partial charge < -0.3 is 14.1 Å². The Labute approximate surface area is 173 Å². The third-order valence-corrected chi connectivity index (χ3v) is 2.71. The van der Waals surface area contributed by atoms with E-state index in [9.17, 15) is 0 Å². The van der Waals surface area contributed by atoms with Gasteiger partial charge >= 0.3 is 26.2 Å². The third-order valence-electron chi connectivity index (χ3n) is 2.46. The minimum Gasteiger partial charge on any atom is -1.00 e. The van der Waals surface area contributed by atoms with Crippen LogP contribution in [0.5, 0.6) is 5.75 Å². The number of para-hydroxylation sites is 1. The van der Waals surface area contributed by atoms with Crippen molar-refractivity contribution in [3.8, 4) is 5.75 Å². The molecule has 3 rings (SSSR count). The summed E-state index contributed by atoms with van der Waals surface area (Å²) in [5.41, 5.74) is 7.07. The molecule has 0 unspecified atom stereocenters. The van der Waals surface area contributed by atoms with E-state index in [1.165, 1.54) is 5.57 Å². The molecule has 1 aromatic rings. The van der Waals surface area contributed by atoms with E-state index in [1.807, 2.05) is 48.9 Å². The first-order valence-electron chi connectivity index (χ1n) is 6.77. The van der Waals surface area contributed by atoms with Crippen LogP contribution in [0.3, 0.4) is 0 Å². The van der Waals surface area contributed by atoms with Crippen molar-refractivity contribution in [2.24, 2.45) is 0 Å². The second-order valence-electron chi connectivity index (χ2n) is 4.23. The fourth-order valence-electron chi connectivity index (χ4n) is 1.34. The largest absolute Gasteiger partial charge is 2.00 e. The van der Waals surface area contributed by atoms with E-state index in [1.54, 1.807) is 31.8 Å². The molecule has 0 aliphatic heterocycles. The maximum Gasteiger partial charge on any atom is 2.00 e. The first kappa shape index (κ1) is 28.4. The second-order valence-corrected chi connectivity index (χ2v) is 4.66. The van der Waals surface area contributed by atoms with E-state index in [4.69, 9.17) is 16.3 Å². The zero-order chi connectivity index (χ0) is 16.0. The van der Waals surface area contributed by atoms with Crippen molar-refractivity contribution in [3.05, 3.63) is 102 Å². The average molecular weight is 557 g/mol. The number of halogens is 3. The molecular weight excluding hydrogens is 539 g/mol. The predicted molar refractivity (Wildman–Crippen MR) is 99.2 cm³/mol. The maximum atomic E-state index is 5.52. The van der Waals surface area contributed by atoms with Crippen LogP contribution in [0, 0.1) is 18.9 Å². The van der Waals surface area contributed by atoms with E-state index in [0.29, 0.717) is 0 Å². The van der Waals surface area contributed by atoms with Crippen molar-refractivity contribution in [1.29, 1.82) is 0 Å². The number of allylic oxidation sites excluding steroid dienone is 6. The summed E-state index contributed by atoms with van der Waals surface area (Å²) >= 11 is 5.52. The van der Waals surface area contributed by atoms with Crippen LogP contribution in [0.25, 0.3) is 0 Å². The van der Waals surface area contributed by atoms with Crippen LogP contribution in [0.4, 0.5) is 0 Å². The van der Waals surface area contributed by atoms with E-state index < -0.39 is 0 Å². The molecule has 0 aromatic heterocycles. The summed E-state index contributed by atoms with van der Waals surface area (Å²) in [6.45, 7) is 2.06. The maximum absolute atomic E-state index is 5.52. The van der Waals surface area contributed by atoms with Gasteiger partial charge in [-0.15, -0.1) is 11.5 Å². The first-order chi connectivity index (χ1) is 10.7. The summed E-state index contributed by atoms with van der Waals surface area (Å²) in [7, 11) is 1.63. The molecule has 0 fully saturated rings. The van der Waals surface area contributed by atoms with Gasteiger partial charge in [0.25, 0.3) is 0 Å². The normalized spacial score (nSPS) is 12.3. The van der Waals surface area contributed by atoms with Gasteiger partial charge in [0, 0.05) is 23.9 Å². The smallest absolute Gasteiger partial charge is 1.00 e. The van der Waals surface area contributed by atoms with Gasteiger partial charge in [0.15, 0.2) is 0 Å². The molecule has 0 N–H and O–H groups in total. The Hall–Kier alpha value is -1.43. The van der Waals surface area contributed by atoms with Crippen molar-refractivity contribution in [2.75, 3.05) is 7.11 Å². The number of benzene rings is 1. The molecule has 5 heteroatoms. The van der Waals surface area contributed by atoms with Gasteiger partial charge in [-0.1, -0.05) is 41.4 Å². The van der Waals surface area contributed by atoms with Crippen LogP contribution >= 0.6 is 11.6 Å². The zero-order valence-electron chi connectivity index (χ0n) is 13.9. The Balaban J connectivity index is -0.000000275. The SMILES string of the molecule is CC1=CC=C=C[CH]1.COc1[c]cccc1.ClC1=CC=C=C[CH]1.[Bi+2].[F-].[F-]. The molecule has 0 saturated carbocycles. The molecule has 2 aliphatic rings. The predicted octanol–water partition coefficient (Wildman–Crippen LogP) is -0.977. The zero-order valence-corrected chi connectivity index (χ0v) is 18.2. The molecule has 0 bridgehead atoms. The fourth-order valence-corrected chi connectivity index (χ4v) is 1.47. The number of hydrogen-bond donors (Lipinski definition) is 0. The molecule has 0 saturated heterocycles. The Morgan fingerprint density at radius 1 is 0.920 bits per heavy atom. The number of rotatable bonds is 1. The summed E-state index contributed by atoms with van der Waals surface area (Å²) in [6.07, 6.45) is 15.0. The molecule has 1 nitrogen and oxygen atoms in total. The van der Waals surface area contributed by atoms with Gasteiger partial charge in [-0.2, -0.15) is 0 Å². The van der Waals surface area contributed by atoms with Crippen LogP contribution in [0.1, 0.15) is 6.92 Å². The van der Waals surface area contributed by atoms with Crippen molar-refractivity contribution >= 4 is 37.8 Å². The molecule has 0 heterocycles. The van der Waals surface area contributed by atoms with Crippen LogP contribution in [0.15, 0.2) is 82.8 Å². The third kappa shape index (κ3) is 15.8. The van der Waals surface area contributed by atoms with Crippen LogP contribution in [-0.4, -0.2) is 33.3 Å². The van der Waals surface area contributed by atoms with Crippen molar-refractivity contribution in [3.63, 3.8) is 0 Å². The standard InChI is InChI=1S/C7H7O.C7H7.C6H4Cl.Bi.2FH/c1-8-7-5-3-2-4-6-7;1-7-5-3-2-4-6-7;7-6-4-2-1-3-5-6;;;/h2-5H,1H3;3-6H,1H3;2-5H;;2*1H/q;;;+2;;/p-2. The summed E-state index contributed by atoms with van der Waals surface area (Å²) in [4.78, 5) is 0. The molecule has 2 aliphatic carbocycles. The molecule has 130 valence electrons. The minimum atomic E-state index is 0. The Morgan fingerprint density at radius 3 is 1.80 bits per heavy atom.